The molecule has 8 aromatic carbocycles. The van der Waals surface area contributed by atoms with Crippen molar-refractivity contribution < 1.29 is 28.2 Å². The summed E-state index contributed by atoms with van der Waals surface area (Å²) in [6.45, 7) is 0. The zero-order valence-electron chi connectivity index (χ0n) is 35.0. The minimum atomic E-state index is -2.29. The Morgan fingerprint density at radius 1 is 0.258 bits per heavy atom. The van der Waals surface area contributed by atoms with Gasteiger partial charge in [0.25, 0.3) is 0 Å². The number of carbonyl (C=O) groups excluding carboxylic acids is 4. The van der Waals surface area contributed by atoms with Gasteiger partial charge >= 0.3 is 41.0 Å². The largest absolute Gasteiger partial charge is 0.435 e. The molecule has 66 heavy (non-hydrogen) atoms. The number of rotatable bonds is 11. The molecular weight excluding hydrogens is 867 g/mol. The highest BCUT2D eigenvalue weighted by Crippen LogP contribution is 2.58. The van der Waals surface area contributed by atoms with Crippen molar-refractivity contribution >= 4 is 75.1 Å². The molecule has 322 valence electrons. The average Bonchev–Trinajstić information content (AvgIpc) is 3.36. The van der Waals surface area contributed by atoms with Gasteiger partial charge in [0.15, 0.2) is 0 Å². The number of urea groups is 4. The van der Waals surface area contributed by atoms with Crippen LogP contribution in [-0.2, 0) is 0 Å². The summed E-state index contributed by atoms with van der Waals surface area (Å²) in [5, 5.41) is 0. The molecule has 2 aliphatic rings. The normalized spacial score (nSPS) is 14.8. The molecular formula is C52H38N6O6P2. The van der Waals surface area contributed by atoms with Crippen LogP contribution in [0.3, 0.4) is 0 Å². The summed E-state index contributed by atoms with van der Waals surface area (Å²) >= 11 is 0. The summed E-state index contributed by atoms with van der Waals surface area (Å²) in [7, 11) is -4.58. The van der Waals surface area contributed by atoms with E-state index >= 15 is 0 Å². The van der Waals surface area contributed by atoms with Gasteiger partial charge in [0.1, 0.15) is 11.5 Å². The number of anilines is 6. The average molecular weight is 905 g/mol. The fourth-order valence-corrected chi connectivity index (χ4v) is 11.2. The van der Waals surface area contributed by atoms with Crippen LogP contribution in [0.15, 0.2) is 231 Å². The maximum absolute atomic E-state index is 14.9. The van der Waals surface area contributed by atoms with Crippen LogP contribution >= 0.6 is 16.9 Å². The molecule has 0 spiro atoms. The molecule has 2 fully saturated rings. The highest BCUT2D eigenvalue weighted by molar-refractivity contribution is 7.59. The first kappa shape index (κ1) is 41.7. The van der Waals surface area contributed by atoms with Crippen LogP contribution in [0.2, 0.25) is 0 Å². The van der Waals surface area contributed by atoms with Crippen LogP contribution in [0.4, 0.5) is 53.3 Å². The predicted molar refractivity (Wildman–Crippen MR) is 262 cm³/mol. The van der Waals surface area contributed by atoms with Crippen LogP contribution in [0.1, 0.15) is 0 Å². The van der Waals surface area contributed by atoms with Crippen molar-refractivity contribution in [3.05, 3.63) is 231 Å². The molecule has 0 unspecified atom stereocenters. The predicted octanol–water partition coefficient (Wildman–Crippen LogP) is 14.1. The maximum Gasteiger partial charge on any atom is 0.344 e. The molecule has 0 N–H and O–H groups in total. The summed E-state index contributed by atoms with van der Waals surface area (Å²) in [6, 6.07) is 66.4. The molecule has 8 amide bonds. The SMILES string of the molecule is O=C1N(c2ccccc2)C(=O)N(c2ccccc2)P(Oc2ccccc2-c2ccccc2OP2N(c3ccccc3)C(=O)N(c3ccccc3)C(=O)N2c2ccccc2)N1c1ccccc1. The van der Waals surface area contributed by atoms with E-state index < -0.39 is 41.0 Å². The second-order valence-corrected chi connectivity index (χ2v) is 17.7. The van der Waals surface area contributed by atoms with Gasteiger partial charge in [-0.1, -0.05) is 146 Å². The van der Waals surface area contributed by atoms with Gasteiger partial charge in [-0.2, -0.15) is 0 Å². The van der Waals surface area contributed by atoms with Crippen molar-refractivity contribution in [3.63, 3.8) is 0 Å². The molecule has 0 saturated carbocycles. The van der Waals surface area contributed by atoms with Gasteiger partial charge in [-0.15, -0.1) is 0 Å². The first-order valence-electron chi connectivity index (χ1n) is 20.9. The Labute approximate surface area is 383 Å². The number of nitrogens with zero attached hydrogens (tertiary/aromatic N) is 6. The molecule has 10 rings (SSSR count). The Morgan fingerprint density at radius 2 is 0.470 bits per heavy atom. The van der Waals surface area contributed by atoms with Crippen LogP contribution < -0.4 is 37.5 Å². The zero-order valence-corrected chi connectivity index (χ0v) is 36.8. The maximum atomic E-state index is 14.9. The van der Waals surface area contributed by atoms with E-state index in [1.165, 1.54) is 18.7 Å². The fraction of sp³-hybridized carbons (Fsp3) is 0. The number of amides is 8. The standard InChI is InChI=1S/C52H38N6O6P2/c59-49-53(39-23-7-1-8-24-39)50(60)56(42-29-13-4-14-30-42)65(55(49)41-27-11-3-12-28-41)63-47-37-21-19-35-45(47)46-36-20-22-38-48(46)64-66-57(43-31-15-5-16-32-43)51(61)54(40-25-9-2-10-26-40)52(62)58(66)44-33-17-6-18-34-44/h1-38H. The van der Waals surface area contributed by atoms with E-state index in [0.29, 0.717) is 56.8 Å². The van der Waals surface area contributed by atoms with Crippen LogP contribution in [0.5, 0.6) is 11.5 Å². The van der Waals surface area contributed by atoms with Gasteiger partial charge < -0.3 is 9.05 Å². The molecule has 2 aliphatic heterocycles. The minimum absolute atomic E-state index is 0.342. The van der Waals surface area contributed by atoms with E-state index in [1.54, 1.807) is 109 Å². The lowest BCUT2D eigenvalue weighted by Crippen LogP contribution is -2.57. The molecule has 8 aromatic rings. The van der Waals surface area contributed by atoms with E-state index in [4.69, 9.17) is 9.05 Å². The molecule has 0 atom stereocenters. The molecule has 0 bridgehead atoms. The summed E-state index contributed by atoms with van der Waals surface area (Å²) in [5.74, 6) is 0.683. The zero-order chi connectivity index (χ0) is 45.0. The number of imide groups is 2. The van der Waals surface area contributed by atoms with E-state index in [-0.39, 0.29) is 0 Å². The Bertz CT molecular complexity index is 2690. The first-order chi connectivity index (χ1) is 32.5. The highest BCUT2D eigenvalue weighted by Gasteiger charge is 2.51. The van der Waals surface area contributed by atoms with Gasteiger partial charge in [0.05, 0.1) is 34.1 Å². The Morgan fingerprint density at radius 3 is 0.727 bits per heavy atom. The third-order valence-corrected chi connectivity index (χ3v) is 14.3. The lowest BCUT2D eigenvalue weighted by atomic mass is 10.0. The Kier molecular flexibility index (Phi) is 11.6. The number of hydrogen-bond donors (Lipinski definition) is 0. The topological polar surface area (TPSA) is 106 Å². The van der Waals surface area contributed by atoms with Crippen molar-refractivity contribution in [2.24, 2.45) is 0 Å². The molecule has 12 nitrogen and oxygen atoms in total. The molecule has 0 aliphatic carbocycles. The first-order valence-corrected chi connectivity index (χ1v) is 23.2. The van der Waals surface area contributed by atoms with Gasteiger partial charge in [0.2, 0.25) is 0 Å². The van der Waals surface area contributed by atoms with Crippen molar-refractivity contribution in [2.75, 3.05) is 28.5 Å². The molecule has 0 radical (unpaired) electrons. The summed E-state index contributed by atoms with van der Waals surface area (Å²) < 4.78 is 20.3. The second kappa shape index (κ2) is 18.4. The van der Waals surface area contributed by atoms with Gasteiger partial charge in [-0.25, -0.2) is 47.7 Å². The molecule has 2 heterocycles. The highest BCUT2D eigenvalue weighted by atomic mass is 31.2. The van der Waals surface area contributed by atoms with Crippen molar-refractivity contribution in [2.45, 2.75) is 0 Å². The van der Waals surface area contributed by atoms with Crippen LogP contribution in [0.25, 0.3) is 11.1 Å². The van der Waals surface area contributed by atoms with E-state index in [0.717, 1.165) is 9.80 Å². The number of para-hydroxylation sites is 8. The fourth-order valence-electron chi connectivity index (χ4n) is 7.60. The van der Waals surface area contributed by atoms with Gasteiger partial charge in [-0.3, -0.25) is 0 Å². The van der Waals surface area contributed by atoms with Crippen molar-refractivity contribution in [1.29, 1.82) is 0 Å². The third-order valence-electron chi connectivity index (χ3n) is 10.6. The lowest BCUT2D eigenvalue weighted by molar-refractivity contribution is 0.240. The van der Waals surface area contributed by atoms with Gasteiger partial charge in [0, 0.05) is 11.1 Å². The van der Waals surface area contributed by atoms with E-state index in [1.807, 2.05) is 121 Å². The molecule has 2 saturated heterocycles. The van der Waals surface area contributed by atoms with Crippen molar-refractivity contribution in [3.8, 4) is 22.6 Å². The summed E-state index contributed by atoms with van der Waals surface area (Å²) in [6.07, 6.45) is 0. The summed E-state index contributed by atoms with van der Waals surface area (Å²) in [4.78, 5) is 61.8. The van der Waals surface area contributed by atoms with E-state index in [9.17, 15) is 19.2 Å². The second-order valence-electron chi connectivity index (χ2n) is 14.7. The summed E-state index contributed by atoms with van der Waals surface area (Å²) in [5.41, 5.74) is 4.01. The minimum Gasteiger partial charge on any atom is -0.435 e. The van der Waals surface area contributed by atoms with Crippen LogP contribution in [-0.4, -0.2) is 24.1 Å². The number of benzene rings is 8. The quantitative estimate of drug-likeness (QED) is 0.120. The number of hydrogen-bond acceptors (Lipinski definition) is 6. The third kappa shape index (κ3) is 7.85. The monoisotopic (exact) mass is 904 g/mol. The Balaban J connectivity index is 1.09. The Hall–Kier alpha value is -8.30. The van der Waals surface area contributed by atoms with Gasteiger partial charge in [-0.05, 0) is 84.9 Å². The smallest absolute Gasteiger partial charge is 0.344 e. The number of carbonyl (C=O) groups is 4. The van der Waals surface area contributed by atoms with Crippen LogP contribution in [0, 0.1) is 0 Å². The lowest BCUT2D eigenvalue weighted by Gasteiger charge is -2.45. The van der Waals surface area contributed by atoms with Crippen molar-refractivity contribution in [1.82, 2.24) is 0 Å². The van der Waals surface area contributed by atoms with E-state index in [2.05, 4.69) is 0 Å². The molecule has 0 aromatic heterocycles. The molecule has 14 heteroatoms.